The molecule has 0 bridgehead atoms. The van der Waals surface area contributed by atoms with Gasteiger partial charge in [0.2, 0.25) is 0 Å². The number of hydrogen-bond donors (Lipinski definition) is 1. The Morgan fingerprint density at radius 1 is 1.36 bits per heavy atom. The molecule has 1 saturated heterocycles. The molecule has 1 fully saturated rings. The smallest absolute Gasteiger partial charge is 0.317 e. The second-order valence-electron chi connectivity index (χ2n) is 6.35. The first-order chi connectivity index (χ1) is 10.6. The fourth-order valence-electron chi connectivity index (χ4n) is 3.11. The molecule has 0 unspecified atom stereocenters. The SMILES string of the molecule is Cc1ccc2c(c1C)OC[C@@H]2NC(=O)N(C)C[C@H]1CCOC1. The summed E-state index contributed by atoms with van der Waals surface area (Å²) in [5.74, 6) is 1.38. The Balaban J connectivity index is 1.62. The highest BCUT2D eigenvalue weighted by Gasteiger charge is 2.29. The summed E-state index contributed by atoms with van der Waals surface area (Å²) >= 11 is 0. The van der Waals surface area contributed by atoms with Crippen LogP contribution >= 0.6 is 0 Å². The molecule has 1 aromatic carbocycles. The van der Waals surface area contributed by atoms with E-state index in [0.717, 1.165) is 43.1 Å². The summed E-state index contributed by atoms with van der Waals surface area (Å²) in [6, 6.07) is 4.03. The normalized spacial score (nSPS) is 23.0. The maximum Gasteiger partial charge on any atom is 0.317 e. The zero-order valence-corrected chi connectivity index (χ0v) is 13.5. The summed E-state index contributed by atoms with van der Waals surface area (Å²) < 4.78 is 11.1. The minimum absolute atomic E-state index is 0.0495. The fourth-order valence-corrected chi connectivity index (χ4v) is 3.11. The van der Waals surface area contributed by atoms with Gasteiger partial charge in [-0.3, -0.25) is 0 Å². The molecule has 5 heteroatoms. The zero-order chi connectivity index (χ0) is 15.7. The summed E-state index contributed by atoms with van der Waals surface area (Å²) in [4.78, 5) is 14.1. The van der Waals surface area contributed by atoms with Gasteiger partial charge in [-0.2, -0.15) is 0 Å². The van der Waals surface area contributed by atoms with Gasteiger partial charge in [-0.15, -0.1) is 0 Å². The van der Waals surface area contributed by atoms with Gasteiger partial charge in [0, 0.05) is 31.7 Å². The lowest BCUT2D eigenvalue weighted by atomic mass is 10.0. The molecule has 2 aliphatic heterocycles. The average molecular weight is 304 g/mol. The molecule has 120 valence electrons. The molecule has 2 amide bonds. The number of aryl methyl sites for hydroxylation is 1. The van der Waals surface area contributed by atoms with Crippen LogP contribution in [0.2, 0.25) is 0 Å². The van der Waals surface area contributed by atoms with Gasteiger partial charge in [0.1, 0.15) is 12.4 Å². The average Bonchev–Trinajstić information content (AvgIpc) is 3.13. The van der Waals surface area contributed by atoms with Gasteiger partial charge in [0.15, 0.2) is 0 Å². The maximum absolute atomic E-state index is 12.4. The molecule has 0 spiro atoms. The molecule has 0 saturated carbocycles. The highest BCUT2D eigenvalue weighted by molar-refractivity contribution is 5.75. The van der Waals surface area contributed by atoms with Crippen molar-refractivity contribution >= 4 is 6.03 Å². The largest absolute Gasteiger partial charge is 0.490 e. The fraction of sp³-hybridized carbons (Fsp3) is 0.588. The van der Waals surface area contributed by atoms with Gasteiger partial charge in [0.25, 0.3) is 0 Å². The number of nitrogens with one attached hydrogen (secondary N) is 1. The molecule has 2 heterocycles. The van der Waals surface area contributed by atoms with E-state index >= 15 is 0 Å². The summed E-state index contributed by atoms with van der Waals surface area (Å²) in [5.41, 5.74) is 3.45. The molecule has 1 N–H and O–H groups in total. The van der Waals surface area contributed by atoms with E-state index < -0.39 is 0 Å². The lowest BCUT2D eigenvalue weighted by Crippen LogP contribution is -2.42. The predicted octanol–water partition coefficient (Wildman–Crippen LogP) is 2.41. The topological polar surface area (TPSA) is 50.8 Å². The van der Waals surface area contributed by atoms with Crippen LogP contribution in [0.1, 0.15) is 29.2 Å². The predicted molar refractivity (Wildman–Crippen MR) is 84.2 cm³/mol. The highest BCUT2D eigenvalue weighted by atomic mass is 16.5. The van der Waals surface area contributed by atoms with E-state index in [0.29, 0.717) is 12.5 Å². The van der Waals surface area contributed by atoms with Gasteiger partial charge < -0.3 is 19.7 Å². The standard InChI is InChI=1S/C17H24N2O3/c1-11-4-5-14-15(10-22-16(14)12(11)2)18-17(20)19(3)8-13-6-7-21-9-13/h4-5,13,15H,6-10H2,1-3H3,(H,18,20)/t13-,15+/m1/s1. The first kappa shape index (κ1) is 15.2. The van der Waals surface area contributed by atoms with E-state index in [2.05, 4.69) is 31.3 Å². The second-order valence-corrected chi connectivity index (χ2v) is 6.35. The number of rotatable bonds is 3. The van der Waals surface area contributed by atoms with Crippen LogP contribution in [0, 0.1) is 19.8 Å². The Bertz CT molecular complexity index is 567. The van der Waals surface area contributed by atoms with Crippen molar-refractivity contribution in [3.8, 4) is 5.75 Å². The third-order valence-electron chi connectivity index (χ3n) is 4.68. The quantitative estimate of drug-likeness (QED) is 0.933. The third-order valence-corrected chi connectivity index (χ3v) is 4.68. The Labute approximate surface area is 131 Å². The molecule has 1 aromatic rings. The molecular formula is C17H24N2O3. The van der Waals surface area contributed by atoms with Crippen molar-refractivity contribution in [2.45, 2.75) is 26.3 Å². The third kappa shape index (κ3) is 2.90. The lowest BCUT2D eigenvalue weighted by molar-refractivity contribution is 0.169. The van der Waals surface area contributed by atoms with Crippen LogP contribution in [-0.2, 0) is 4.74 Å². The number of amides is 2. The van der Waals surface area contributed by atoms with Crippen LogP contribution in [0.3, 0.4) is 0 Å². The molecule has 0 radical (unpaired) electrons. The number of benzene rings is 1. The van der Waals surface area contributed by atoms with E-state index in [-0.39, 0.29) is 12.1 Å². The number of hydrogen-bond acceptors (Lipinski definition) is 3. The Morgan fingerprint density at radius 3 is 2.91 bits per heavy atom. The first-order valence-electron chi connectivity index (χ1n) is 7.88. The molecular weight excluding hydrogens is 280 g/mol. The number of carbonyl (C=O) groups is 1. The van der Waals surface area contributed by atoms with E-state index in [1.807, 2.05) is 7.05 Å². The molecule has 0 aliphatic carbocycles. The Morgan fingerprint density at radius 2 is 2.18 bits per heavy atom. The molecule has 0 aromatic heterocycles. The summed E-state index contributed by atoms with van der Waals surface area (Å²) in [6.07, 6.45) is 1.03. The maximum atomic E-state index is 12.4. The minimum Gasteiger partial charge on any atom is -0.490 e. The monoisotopic (exact) mass is 304 g/mol. The summed E-state index contributed by atoms with van der Waals surface area (Å²) in [5, 5.41) is 3.08. The first-order valence-corrected chi connectivity index (χ1v) is 7.88. The van der Waals surface area contributed by atoms with Crippen LogP contribution < -0.4 is 10.1 Å². The van der Waals surface area contributed by atoms with Crippen LogP contribution in [0.5, 0.6) is 5.75 Å². The Hall–Kier alpha value is -1.75. The summed E-state index contributed by atoms with van der Waals surface area (Å²) in [7, 11) is 1.84. The molecule has 5 nitrogen and oxygen atoms in total. The molecule has 2 aliphatic rings. The van der Waals surface area contributed by atoms with Gasteiger partial charge in [-0.25, -0.2) is 4.79 Å². The van der Waals surface area contributed by atoms with E-state index in [1.54, 1.807) is 4.90 Å². The highest BCUT2D eigenvalue weighted by Crippen LogP contribution is 2.36. The summed E-state index contributed by atoms with van der Waals surface area (Å²) in [6.45, 7) is 6.94. The van der Waals surface area contributed by atoms with Crippen molar-refractivity contribution in [3.05, 3.63) is 28.8 Å². The van der Waals surface area contributed by atoms with Crippen molar-refractivity contribution in [1.82, 2.24) is 10.2 Å². The van der Waals surface area contributed by atoms with Crippen molar-refractivity contribution in [3.63, 3.8) is 0 Å². The van der Waals surface area contributed by atoms with Crippen LogP contribution in [0.4, 0.5) is 4.79 Å². The molecule has 2 atom stereocenters. The number of urea groups is 1. The van der Waals surface area contributed by atoms with E-state index in [4.69, 9.17) is 9.47 Å². The molecule has 3 rings (SSSR count). The van der Waals surface area contributed by atoms with Crippen molar-refractivity contribution < 1.29 is 14.3 Å². The number of ether oxygens (including phenoxy) is 2. The van der Waals surface area contributed by atoms with Gasteiger partial charge in [-0.05, 0) is 31.4 Å². The zero-order valence-electron chi connectivity index (χ0n) is 13.5. The Kier molecular flexibility index (Phi) is 4.25. The van der Waals surface area contributed by atoms with Crippen molar-refractivity contribution in [1.29, 1.82) is 0 Å². The van der Waals surface area contributed by atoms with Crippen LogP contribution in [0.15, 0.2) is 12.1 Å². The van der Waals surface area contributed by atoms with Gasteiger partial charge >= 0.3 is 6.03 Å². The van der Waals surface area contributed by atoms with E-state index in [9.17, 15) is 4.79 Å². The minimum atomic E-state index is -0.0657. The van der Waals surface area contributed by atoms with Crippen molar-refractivity contribution in [2.75, 3.05) is 33.4 Å². The van der Waals surface area contributed by atoms with Crippen LogP contribution in [-0.4, -0.2) is 44.3 Å². The van der Waals surface area contributed by atoms with Crippen LogP contribution in [0.25, 0.3) is 0 Å². The van der Waals surface area contributed by atoms with E-state index in [1.165, 1.54) is 5.56 Å². The number of nitrogens with zero attached hydrogens (tertiary/aromatic N) is 1. The second kappa shape index (κ2) is 6.16. The van der Waals surface area contributed by atoms with Gasteiger partial charge in [0.05, 0.1) is 12.6 Å². The van der Waals surface area contributed by atoms with Crippen molar-refractivity contribution in [2.24, 2.45) is 5.92 Å². The lowest BCUT2D eigenvalue weighted by Gasteiger charge is -2.23. The van der Waals surface area contributed by atoms with Gasteiger partial charge in [-0.1, -0.05) is 12.1 Å². The number of carbonyl (C=O) groups excluding carboxylic acids is 1. The number of fused-ring (bicyclic) bond motifs is 1. The molecule has 22 heavy (non-hydrogen) atoms.